The van der Waals surface area contributed by atoms with Gasteiger partial charge >= 0.3 is 17.9 Å². The predicted molar refractivity (Wildman–Crippen MR) is 98.5 cm³/mol. The van der Waals surface area contributed by atoms with Crippen LogP contribution in [0.3, 0.4) is 0 Å². The zero-order valence-corrected chi connectivity index (χ0v) is 16.2. The summed E-state index contributed by atoms with van der Waals surface area (Å²) < 4.78 is 31.3. The van der Waals surface area contributed by atoms with Crippen LogP contribution in [0, 0.1) is 17.6 Å². The third-order valence-electron chi connectivity index (χ3n) is 4.20. The highest BCUT2D eigenvalue weighted by Crippen LogP contribution is 2.19. The Morgan fingerprint density at radius 1 is 1.11 bits per heavy atom. The molecule has 1 aliphatic rings. The summed E-state index contributed by atoms with van der Waals surface area (Å²) in [6, 6.07) is 2.82. The van der Waals surface area contributed by atoms with Gasteiger partial charge in [0.15, 0.2) is 11.6 Å². The maximum Gasteiger partial charge on any atom is 0.410 e. The molecular formula is C19H25F2N3O4. The normalized spacial score (nSPS) is 15.1. The summed E-state index contributed by atoms with van der Waals surface area (Å²) in [6.07, 6.45) is 0.982. The average molecular weight is 397 g/mol. The molecular weight excluding hydrogens is 372 g/mol. The van der Waals surface area contributed by atoms with E-state index in [1.165, 1.54) is 0 Å². The van der Waals surface area contributed by atoms with Crippen LogP contribution >= 0.6 is 0 Å². The second kappa shape index (κ2) is 8.99. The lowest BCUT2D eigenvalue weighted by Gasteiger charge is -2.33. The van der Waals surface area contributed by atoms with E-state index < -0.39 is 29.0 Å². The highest BCUT2D eigenvalue weighted by Gasteiger charge is 2.27. The summed E-state index contributed by atoms with van der Waals surface area (Å²) >= 11 is 0. The van der Waals surface area contributed by atoms with Crippen LogP contribution < -0.4 is 10.6 Å². The highest BCUT2D eigenvalue weighted by molar-refractivity contribution is 6.39. The molecule has 0 bridgehead atoms. The molecule has 1 heterocycles. The first-order valence-electron chi connectivity index (χ1n) is 9.07. The molecule has 0 aromatic heterocycles. The SMILES string of the molecule is CC(C)(C)OC(=O)N1CCC(CNC(=O)C(=O)Nc2ccc(F)c(F)c2)CC1. The van der Waals surface area contributed by atoms with Crippen molar-refractivity contribution >= 4 is 23.6 Å². The Morgan fingerprint density at radius 3 is 2.32 bits per heavy atom. The van der Waals surface area contributed by atoms with Crippen LogP contribution in [0.4, 0.5) is 19.3 Å². The lowest BCUT2D eigenvalue weighted by atomic mass is 9.97. The van der Waals surface area contributed by atoms with E-state index in [2.05, 4.69) is 10.6 Å². The summed E-state index contributed by atoms with van der Waals surface area (Å²) in [5, 5.41) is 4.74. The Bertz CT molecular complexity index is 741. The molecule has 0 spiro atoms. The molecule has 28 heavy (non-hydrogen) atoms. The fourth-order valence-corrected chi connectivity index (χ4v) is 2.73. The number of anilines is 1. The van der Waals surface area contributed by atoms with Crippen molar-refractivity contribution < 1.29 is 27.9 Å². The maximum atomic E-state index is 13.1. The second-order valence-electron chi connectivity index (χ2n) is 7.70. The topological polar surface area (TPSA) is 87.7 Å². The van der Waals surface area contributed by atoms with Gasteiger partial charge in [-0.2, -0.15) is 0 Å². The van der Waals surface area contributed by atoms with Crippen molar-refractivity contribution in [1.82, 2.24) is 10.2 Å². The molecule has 1 aromatic rings. The molecule has 1 saturated heterocycles. The van der Waals surface area contributed by atoms with Crippen LogP contribution in [0.1, 0.15) is 33.6 Å². The Balaban J connectivity index is 1.74. The first-order valence-corrected chi connectivity index (χ1v) is 9.07. The van der Waals surface area contributed by atoms with Gasteiger partial charge in [-0.1, -0.05) is 0 Å². The number of hydrogen-bond acceptors (Lipinski definition) is 4. The van der Waals surface area contributed by atoms with Crippen LogP contribution in [-0.2, 0) is 14.3 Å². The zero-order chi connectivity index (χ0) is 20.9. The Hall–Kier alpha value is -2.71. The number of amides is 3. The molecule has 2 N–H and O–H groups in total. The van der Waals surface area contributed by atoms with Gasteiger partial charge in [0.05, 0.1) is 0 Å². The molecule has 2 rings (SSSR count). The minimum Gasteiger partial charge on any atom is -0.444 e. The third kappa shape index (κ3) is 6.47. The summed E-state index contributed by atoms with van der Waals surface area (Å²) in [7, 11) is 0. The van der Waals surface area contributed by atoms with Crippen LogP contribution in [0.2, 0.25) is 0 Å². The molecule has 0 atom stereocenters. The minimum atomic E-state index is -1.12. The van der Waals surface area contributed by atoms with Crippen molar-refractivity contribution in [2.45, 2.75) is 39.2 Å². The fourth-order valence-electron chi connectivity index (χ4n) is 2.73. The van der Waals surface area contributed by atoms with Gasteiger partial charge in [-0.05, 0) is 51.7 Å². The number of halogens is 2. The molecule has 0 aliphatic carbocycles. The van der Waals surface area contributed by atoms with Crippen molar-refractivity contribution in [3.05, 3.63) is 29.8 Å². The van der Waals surface area contributed by atoms with Gasteiger partial charge in [0, 0.05) is 31.4 Å². The Kier molecular flexibility index (Phi) is 6.93. The van der Waals surface area contributed by atoms with Gasteiger partial charge in [0.1, 0.15) is 5.60 Å². The van der Waals surface area contributed by atoms with E-state index in [9.17, 15) is 23.2 Å². The largest absolute Gasteiger partial charge is 0.444 e. The number of benzene rings is 1. The summed E-state index contributed by atoms with van der Waals surface area (Å²) in [5.41, 5.74) is -0.562. The van der Waals surface area contributed by atoms with Crippen LogP contribution in [0.5, 0.6) is 0 Å². The van der Waals surface area contributed by atoms with E-state index in [0.29, 0.717) is 25.9 Å². The molecule has 7 nitrogen and oxygen atoms in total. The standard InChI is InChI=1S/C19H25F2N3O4/c1-19(2,3)28-18(27)24-8-6-12(7-9-24)11-22-16(25)17(26)23-13-4-5-14(20)15(21)10-13/h4-5,10,12H,6-9,11H2,1-3H3,(H,22,25)(H,23,26). The smallest absolute Gasteiger partial charge is 0.410 e. The van der Waals surface area contributed by atoms with E-state index >= 15 is 0 Å². The number of ether oxygens (including phenoxy) is 1. The second-order valence-corrected chi connectivity index (χ2v) is 7.70. The van der Waals surface area contributed by atoms with Crippen molar-refractivity contribution in [2.75, 3.05) is 25.0 Å². The van der Waals surface area contributed by atoms with Gasteiger partial charge in [-0.25, -0.2) is 13.6 Å². The number of likely N-dealkylation sites (tertiary alicyclic amines) is 1. The summed E-state index contributed by atoms with van der Waals surface area (Å²) in [5.74, 6) is -3.86. The number of hydrogen-bond donors (Lipinski definition) is 2. The van der Waals surface area contributed by atoms with E-state index in [0.717, 1.165) is 18.2 Å². The van der Waals surface area contributed by atoms with Gasteiger partial charge < -0.3 is 20.3 Å². The molecule has 3 amide bonds. The average Bonchev–Trinajstić information content (AvgIpc) is 2.61. The van der Waals surface area contributed by atoms with Gasteiger partial charge in [-0.3, -0.25) is 9.59 Å². The van der Waals surface area contributed by atoms with Gasteiger partial charge in [0.2, 0.25) is 0 Å². The third-order valence-corrected chi connectivity index (χ3v) is 4.20. The van der Waals surface area contributed by atoms with Gasteiger partial charge in [-0.15, -0.1) is 0 Å². The van der Waals surface area contributed by atoms with E-state index in [-0.39, 0.29) is 24.2 Å². The first kappa shape index (κ1) is 21.6. The van der Waals surface area contributed by atoms with Crippen molar-refractivity contribution in [3.8, 4) is 0 Å². The predicted octanol–water partition coefficient (Wildman–Crippen LogP) is 2.67. The summed E-state index contributed by atoms with van der Waals surface area (Å²) in [4.78, 5) is 37.4. The molecule has 9 heteroatoms. The zero-order valence-electron chi connectivity index (χ0n) is 16.2. The van der Waals surface area contributed by atoms with Crippen molar-refractivity contribution in [1.29, 1.82) is 0 Å². The minimum absolute atomic E-state index is 0.00952. The quantitative estimate of drug-likeness (QED) is 0.768. The van der Waals surface area contributed by atoms with Gasteiger partial charge in [0.25, 0.3) is 0 Å². The monoisotopic (exact) mass is 397 g/mol. The molecule has 154 valence electrons. The highest BCUT2D eigenvalue weighted by atomic mass is 19.2. The number of rotatable bonds is 3. The molecule has 0 unspecified atom stereocenters. The molecule has 1 aromatic carbocycles. The number of nitrogens with zero attached hydrogens (tertiary/aromatic N) is 1. The molecule has 1 aliphatic heterocycles. The van der Waals surface area contributed by atoms with Crippen LogP contribution in [0.25, 0.3) is 0 Å². The first-order chi connectivity index (χ1) is 13.0. The molecule has 0 radical (unpaired) electrons. The molecule has 1 fully saturated rings. The van der Waals surface area contributed by atoms with Crippen molar-refractivity contribution in [2.24, 2.45) is 5.92 Å². The summed E-state index contributed by atoms with van der Waals surface area (Å²) in [6.45, 7) is 6.72. The lowest BCUT2D eigenvalue weighted by Crippen LogP contribution is -2.44. The molecule has 0 saturated carbocycles. The number of nitrogens with one attached hydrogen (secondary N) is 2. The fraction of sp³-hybridized carbons (Fsp3) is 0.526. The van der Waals surface area contributed by atoms with Crippen molar-refractivity contribution in [3.63, 3.8) is 0 Å². The van der Waals surface area contributed by atoms with E-state index in [4.69, 9.17) is 4.74 Å². The number of piperidine rings is 1. The number of carbonyl (C=O) groups is 3. The Labute approximate surface area is 162 Å². The Morgan fingerprint density at radius 2 is 1.75 bits per heavy atom. The van der Waals surface area contributed by atoms with Crippen LogP contribution in [-0.4, -0.2) is 48.0 Å². The lowest BCUT2D eigenvalue weighted by molar-refractivity contribution is -0.136. The van der Waals surface area contributed by atoms with Crippen LogP contribution in [0.15, 0.2) is 18.2 Å². The number of carbonyl (C=O) groups excluding carboxylic acids is 3. The maximum absolute atomic E-state index is 13.1. The van der Waals surface area contributed by atoms with E-state index in [1.54, 1.807) is 25.7 Å². The van der Waals surface area contributed by atoms with E-state index in [1.807, 2.05) is 0 Å².